The topological polar surface area (TPSA) is 131 Å². The van der Waals surface area contributed by atoms with Crippen molar-refractivity contribution in [3.63, 3.8) is 0 Å². The van der Waals surface area contributed by atoms with Crippen molar-refractivity contribution in [2.75, 3.05) is 19.8 Å². The van der Waals surface area contributed by atoms with Crippen LogP contribution >= 0.6 is 7.82 Å². The lowest BCUT2D eigenvalue weighted by Crippen LogP contribution is -2.45. The van der Waals surface area contributed by atoms with Gasteiger partial charge in [0.1, 0.15) is 0 Å². The number of carbonyl (C=O) groups excluding carboxylic acids is 1. The summed E-state index contributed by atoms with van der Waals surface area (Å²) < 4.78 is 22.0. The van der Waals surface area contributed by atoms with Crippen LogP contribution in [0.2, 0.25) is 0 Å². The summed E-state index contributed by atoms with van der Waals surface area (Å²) in [5.41, 5.74) is 5.35. The zero-order chi connectivity index (χ0) is 34.7. The van der Waals surface area contributed by atoms with Gasteiger partial charge >= 0.3 is 7.82 Å². The third kappa shape index (κ3) is 33.0. The van der Waals surface area contributed by atoms with E-state index < -0.39 is 20.0 Å². The molecule has 0 saturated heterocycles. The number of rotatable bonds is 35. The van der Waals surface area contributed by atoms with Crippen molar-refractivity contribution in [2.24, 2.45) is 5.73 Å². The van der Waals surface area contributed by atoms with Gasteiger partial charge in [0.05, 0.1) is 25.4 Å². The van der Waals surface area contributed by atoms with Gasteiger partial charge in [-0.15, -0.1) is 0 Å². The molecule has 0 aromatic carbocycles. The Morgan fingerprint density at radius 2 is 1.13 bits per heavy atom. The maximum Gasteiger partial charge on any atom is 0.472 e. The van der Waals surface area contributed by atoms with Crippen LogP contribution in [0.3, 0.4) is 0 Å². The quantitative estimate of drug-likeness (QED) is 0.0297. The van der Waals surface area contributed by atoms with Crippen molar-refractivity contribution in [1.82, 2.24) is 5.32 Å². The monoisotopic (exact) mass is 685 g/mol. The van der Waals surface area contributed by atoms with Crippen LogP contribution in [0.1, 0.15) is 168 Å². The summed E-state index contributed by atoms with van der Waals surface area (Å²) in [6.45, 7) is 4.07. The van der Waals surface area contributed by atoms with E-state index >= 15 is 0 Å². The number of nitrogens with one attached hydrogen (secondary N) is 1. The zero-order valence-corrected chi connectivity index (χ0v) is 31.2. The SMILES string of the molecule is CCCCCCCCC/C=C/CC/C=C/CC/C=C/C(O)C(COP(=O)(O)OCCN)NC(=O)CCCCCCCCCCCCC. The average Bonchev–Trinajstić information content (AvgIpc) is 3.05. The van der Waals surface area contributed by atoms with Crippen LogP contribution in [-0.4, -0.2) is 47.8 Å². The predicted molar refractivity (Wildman–Crippen MR) is 198 cm³/mol. The highest BCUT2D eigenvalue weighted by molar-refractivity contribution is 7.47. The molecule has 0 radical (unpaired) electrons. The van der Waals surface area contributed by atoms with E-state index in [2.05, 4.69) is 43.5 Å². The molecule has 0 aliphatic rings. The van der Waals surface area contributed by atoms with E-state index in [4.69, 9.17) is 14.8 Å². The van der Waals surface area contributed by atoms with E-state index in [1.54, 1.807) is 6.08 Å². The minimum Gasteiger partial charge on any atom is -0.387 e. The first-order chi connectivity index (χ1) is 22.9. The second-order valence-corrected chi connectivity index (χ2v) is 14.2. The molecule has 47 heavy (non-hydrogen) atoms. The lowest BCUT2D eigenvalue weighted by atomic mass is 10.0. The van der Waals surface area contributed by atoms with Crippen LogP contribution < -0.4 is 11.1 Å². The maximum atomic E-state index is 12.7. The molecule has 276 valence electrons. The Bertz CT molecular complexity index is 835. The number of unbranched alkanes of at least 4 members (excludes halogenated alkanes) is 19. The molecule has 0 rings (SSSR count). The molecule has 3 unspecified atom stereocenters. The number of aliphatic hydroxyl groups excluding tert-OH is 1. The van der Waals surface area contributed by atoms with Crippen LogP contribution in [0.25, 0.3) is 0 Å². The molecule has 0 aliphatic carbocycles. The minimum atomic E-state index is -4.34. The molecule has 0 spiro atoms. The first-order valence-corrected chi connectivity index (χ1v) is 20.6. The Kier molecular flexibility index (Phi) is 33.6. The fourth-order valence-electron chi connectivity index (χ4n) is 5.28. The van der Waals surface area contributed by atoms with Crippen molar-refractivity contribution in [3.8, 4) is 0 Å². The van der Waals surface area contributed by atoms with Crippen LogP contribution in [-0.2, 0) is 18.4 Å². The number of allylic oxidation sites excluding steroid dienone is 5. The van der Waals surface area contributed by atoms with Crippen LogP contribution in [0.4, 0.5) is 0 Å². The Morgan fingerprint density at radius 1 is 0.681 bits per heavy atom. The van der Waals surface area contributed by atoms with Gasteiger partial charge in [-0.25, -0.2) is 4.57 Å². The van der Waals surface area contributed by atoms with Gasteiger partial charge in [0.2, 0.25) is 5.91 Å². The molecular formula is C38H73N2O6P. The minimum absolute atomic E-state index is 0.0723. The summed E-state index contributed by atoms with van der Waals surface area (Å²) in [5.74, 6) is -0.211. The number of amides is 1. The van der Waals surface area contributed by atoms with Crippen LogP contribution in [0, 0.1) is 0 Å². The lowest BCUT2D eigenvalue weighted by molar-refractivity contribution is -0.123. The Balaban J connectivity index is 4.39. The normalized spacial score (nSPS) is 14.7. The van der Waals surface area contributed by atoms with Crippen molar-refractivity contribution < 1.29 is 28.4 Å². The van der Waals surface area contributed by atoms with Crippen LogP contribution in [0.15, 0.2) is 36.5 Å². The van der Waals surface area contributed by atoms with Gasteiger partial charge in [0, 0.05) is 13.0 Å². The van der Waals surface area contributed by atoms with Crippen molar-refractivity contribution in [3.05, 3.63) is 36.5 Å². The number of aliphatic hydroxyl groups is 1. The summed E-state index contributed by atoms with van der Waals surface area (Å²) >= 11 is 0. The lowest BCUT2D eigenvalue weighted by Gasteiger charge is -2.23. The highest BCUT2D eigenvalue weighted by Crippen LogP contribution is 2.43. The zero-order valence-electron chi connectivity index (χ0n) is 30.3. The second kappa shape index (κ2) is 34.6. The highest BCUT2D eigenvalue weighted by Gasteiger charge is 2.26. The Hall–Kier alpha value is -1.28. The van der Waals surface area contributed by atoms with E-state index in [9.17, 15) is 19.4 Å². The third-order valence-corrected chi connectivity index (χ3v) is 9.18. The number of phosphoric acid groups is 1. The van der Waals surface area contributed by atoms with E-state index in [-0.39, 0.29) is 25.7 Å². The highest BCUT2D eigenvalue weighted by atomic mass is 31.2. The largest absolute Gasteiger partial charge is 0.472 e. The summed E-state index contributed by atoms with van der Waals surface area (Å²) in [7, 11) is -4.34. The molecule has 0 aliphatic heterocycles. The van der Waals surface area contributed by atoms with Crippen LogP contribution in [0.5, 0.6) is 0 Å². The molecule has 1 amide bonds. The average molecular weight is 685 g/mol. The first kappa shape index (κ1) is 45.7. The smallest absolute Gasteiger partial charge is 0.387 e. The van der Waals surface area contributed by atoms with Gasteiger partial charge in [-0.2, -0.15) is 0 Å². The molecule has 0 heterocycles. The summed E-state index contributed by atoms with van der Waals surface area (Å²) in [6, 6.07) is -0.878. The maximum absolute atomic E-state index is 12.7. The van der Waals surface area contributed by atoms with Gasteiger partial charge in [0.25, 0.3) is 0 Å². The molecule has 5 N–H and O–H groups in total. The van der Waals surface area contributed by atoms with Gasteiger partial charge in [-0.3, -0.25) is 13.8 Å². The molecule has 8 nitrogen and oxygen atoms in total. The summed E-state index contributed by atoms with van der Waals surface area (Å²) in [4.78, 5) is 22.5. The van der Waals surface area contributed by atoms with Crippen molar-refractivity contribution in [2.45, 2.75) is 180 Å². The molecule has 0 saturated carbocycles. The summed E-state index contributed by atoms with van der Waals surface area (Å²) in [6.07, 6.45) is 39.0. The molecule has 0 aromatic heterocycles. The van der Waals surface area contributed by atoms with E-state index in [0.717, 1.165) is 44.9 Å². The molecule has 0 bridgehead atoms. The van der Waals surface area contributed by atoms with Gasteiger partial charge in [-0.1, -0.05) is 153 Å². The first-order valence-electron chi connectivity index (χ1n) is 19.1. The fraction of sp³-hybridized carbons (Fsp3) is 0.816. The molecule has 9 heteroatoms. The molecule has 0 aromatic rings. The van der Waals surface area contributed by atoms with Crippen molar-refractivity contribution >= 4 is 13.7 Å². The van der Waals surface area contributed by atoms with E-state index in [1.165, 1.54) is 103 Å². The third-order valence-electron chi connectivity index (χ3n) is 8.20. The Morgan fingerprint density at radius 3 is 1.64 bits per heavy atom. The number of nitrogens with two attached hydrogens (primary N) is 1. The van der Waals surface area contributed by atoms with E-state index in [1.807, 2.05) is 6.08 Å². The Labute approximate surface area is 289 Å². The fourth-order valence-corrected chi connectivity index (χ4v) is 6.04. The number of phosphoric ester groups is 1. The van der Waals surface area contributed by atoms with Gasteiger partial charge in [0.15, 0.2) is 0 Å². The van der Waals surface area contributed by atoms with Gasteiger partial charge < -0.3 is 21.1 Å². The van der Waals surface area contributed by atoms with Crippen molar-refractivity contribution in [1.29, 1.82) is 0 Å². The van der Waals surface area contributed by atoms with Gasteiger partial charge in [-0.05, 0) is 44.9 Å². The number of hydrogen-bond donors (Lipinski definition) is 4. The number of carbonyl (C=O) groups is 1. The van der Waals surface area contributed by atoms with E-state index in [0.29, 0.717) is 6.42 Å². The second-order valence-electron chi connectivity index (χ2n) is 12.8. The molecule has 0 fully saturated rings. The molecule has 3 atom stereocenters. The predicted octanol–water partition coefficient (Wildman–Crippen LogP) is 10.00. The summed E-state index contributed by atoms with van der Waals surface area (Å²) in [5, 5.41) is 13.6. The molecular weight excluding hydrogens is 611 g/mol. The standard InChI is InChI=1S/C38H73N2O6P/c1-3-5-7-9-11-13-15-16-17-18-19-20-22-23-25-27-29-31-37(41)36(35-46-47(43,44)45-34-33-39)40-38(42)32-30-28-26-24-21-14-12-10-8-6-4-2/h17-18,22-23,29,31,36-37,41H,3-16,19-21,24-28,30,32-35,39H2,1-2H3,(H,40,42)(H,43,44)/b18-17+,23-22+,31-29+. The number of hydrogen-bond acceptors (Lipinski definition) is 6.